The molecule has 27 heavy (non-hydrogen) atoms. The molecule has 1 unspecified atom stereocenters. The van der Waals surface area contributed by atoms with Crippen LogP contribution in [-0.2, 0) is 16.4 Å². The van der Waals surface area contributed by atoms with E-state index < -0.39 is 10.0 Å². The molecule has 1 aromatic heterocycles. The molecule has 0 saturated carbocycles. The van der Waals surface area contributed by atoms with Crippen LogP contribution < -0.4 is 4.72 Å². The fraction of sp³-hybridized carbons (Fsp3) is 0.238. The van der Waals surface area contributed by atoms with Crippen LogP contribution in [0, 0.1) is 17.2 Å². The Balaban J connectivity index is 1.83. The molecule has 0 bridgehead atoms. The van der Waals surface area contributed by atoms with Crippen LogP contribution in [0.2, 0.25) is 0 Å². The molecular weight excluding hydrogens is 358 g/mol. The van der Waals surface area contributed by atoms with Gasteiger partial charge in [0, 0.05) is 11.3 Å². The Morgan fingerprint density at radius 1 is 1.19 bits per heavy atom. The molecule has 5 nitrogen and oxygen atoms in total. The monoisotopic (exact) mass is 379 g/mol. The van der Waals surface area contributed by atoms with Gasteiger partial charge in [-0.2, -0.15) is 5.26 Å². The van der Waals surface area contributed by atoms with E-state index in [2.05, 4.69) is 22.7 Å². The normalized spacial score (nSPS) is 16.9. The molecule has 138 valence electrons. The topological polar surface area (TPSA) is 82.9 Å². The minimum atomic E-state index is -3.70. The van der Waals surface area contributed by atoms with E-state index in [-0.39, 0.29) is 10.8 Å². The molecule has 1 N–H and O–H groups in total. The second-order valence-electron chi connectivity index (χ2n) is 6.53. The molecule has 1 aliphatic carbocycles. The third-order valence-corrected chi connectivity index (χ3v) is 5.94. The number of allylic oxidation sites excluding steroid dienone is 4. The molecule has 3 rings (SSSR count). The molecule has 1 atom stereocenters. The van der Waals surface area contributed by atoms with Crippen molar-refractivity contribution in [3.8, 4) is 6.07 Å². The maximum absolute atomic E-state index is 12.6. The zero-order chi connectivity index (χ0) is 19.4. The van der Waals surface area contributed by atoms with Gasteiger partial charge in [0.15, 0.2) is 0 Å². The van der Waals surface area contributed by atoms with Crippen molar-refractivity contribution in [1.82, 2.24) is 4.98 Å². The molecule has 0 aliphatic heterocycles. The number of pyridine rings is 1. The fourth-order valence-electron chi connectivity index (χ4n) is 3.08. The van der Waals surface area contributed by atoms with E-state index >= 15 is 0 Å². The predicted octanol–water partition coefficient (Wildman–Crippen LogP) is 4.32. The van der Waals surface area contributed by atoms with Crippen molar-refractivity contribution in [3.05, 3.63) is 71.4 Å². The van der Waals surface area contributed by atoms with Crippen molar-refractivity contribution in [2.24, 2.45) is 5.92 Å². The number of sulfonamides is 1. The molecular formula is C21H21N3O2S. The maximum atomic E-state index is 12.6. The van der Waals surface area contributed by atoms with Gasteiger partial charge in [-0.05, 0) is 60.2 Å². The quantitative estimate of drug-likeness (QED) is 0.839. The van der Waals surface area contributed by atoms with Crippen LogP contribution in [0.4, 0.5) is 5.82 Å². The Kier molecular flexibility index (Phi) is 5.43. The summed E-state index contributed by atoms with van der Waals surface area (Å²) in [5.41, 5.74) is 3.65. The van der Waals surface area contributed by atoms with Crippen LogP contribution in [0.3, 0.4) is 0 Å². The zero-order valence-corrected chi connectivity index (χ0v) is 16.1. The highest BCUT2D eigenvalue weighted by molar-refractivity contribution is 7.92. The minimum Gasteiger partial charge on any atom is -0.263 e. The third kappa shape index (κ3) is 4.26. The molecule has 6 heteroatoms. The van der Waals surface area contributed by atoms with E-state index in [0.29, 0.717) is 12.2 Å². The maximum Gasteiger partial charge on any atom is 0.263 e. The van der Waals surface area contributed by atoms with Gasteiger partial charge in [0.2, 0.25) is 0 Å². The lowest BCUT2D eigenvalue weighted by Gasteiger charge is -2.19. The van der Waals surface area contributed by atoms with Crippen LogP contribution in [0.15, 0.2) is 65.1 Å². The lowest BCUT2D eigenvalue weighted by Crippen LogP contribution is -2.14. The zero-order valence-electron chi connectivity index (χ0n) is 15.3. The molecule has 0 fully saturated rings. The van der Waals surface area contributed by atoms with Crippen LogP contribution >= 0.6 is 0 Å². The van der Waals surface area contributed by atoms with Crippen LogP contribution in [0.5, 0.6) is 0 Å². The van der Waals surface area contributed by atoms with Gasteiger partial charge in [0.25, 0.3) is 10.0 Å². The van der Waals surface area contributed by atoms with E-state index in [1.807, 2.05) is 25.1 Å². The summed E-state index contributed by atoms with van der Waals surface area (Å²) in [5, 5.41) is 9.02. The van der Waals surface area contributed by atoms with Crippen LogP contribution in [0.1, 0.15) is 31.5 Å². The fourth-order valence-corrected chi connectivity index (χ4v) is 4.08. The number of nitrogens with zero attached hydrogens (tertiary/aromatic N) is 2. The second-order valence-corrected chi connectivity index (χ2v) is 8.21. The summed E-state index contributed by atoms with van der Waals surface area (Å²) < 4.78 is 27.8. The summed E-state index contributed by atoms with van der Waals surface area (Å²) in [6.07, 6.45) is 5.20. The smallest absolute Gasteiger partial charge is 0.263 e. The van der Waals surface area contributed by atoms with Crippen molar-refractivity contribution in [2.45, 2.75) is 31.6 Å². The molecule has 1 heterocycles. The molecule has 0 saturated heterocycles. The van der Waals surface area contributed by atoms with Crippen molar-refractivity contribution in [3.63, 3.8) is 0 Å². The highest BCUT2D eigenvalue weighted by atomic mass is 32.2. The molecule has 0 radical (unpaired) electrons. The van der Waals surface area contributed by atoms with E-state index in [0.717, 1.165) is 28.8 Å². The Morgan fingerprint density at radius 3 is 2.56 bits per heavy atom. The van der Waals surface area contributed by atoms with Gasteiger partial charge in [0.05, 0.1) is 11.0 Å². The van der Waals surface area contributed by atoms with Gasteiger partial charge in [-0.15, -0.1) is 0 Å². The lowest BCUT2D eigenvalue weighted by atomic mass is 9.85. The summed E-state index contributed by atoms with van der Waals surface area (Å²) in [4.78, 5) is 4.47. The Labute approximate surface area is 160 Å². The number of hydrogen-bond donors (Lipinski definition) is 1. The number of hydrogen-bond acceptors (Lipinski definition) is 4. The lowest BCUT2D eigenvalue weighted by molar-refractivity contribution is 0.601. The van der Waals surface area contributed by atoms with Gasteiger partial charge < -0.3 is 0 Å². The summed E-state index contributed by atoms with van der Waals surface area (Å²) in [6, 6.07) is 14.3. The predicted molar refractivity (Wildman–Crippen MR) is 106 cm³/mol. The van der Waals surface area contributed by atoms with Gasteiger partial charge in [0.1, 0.15) is 5.82 Å². The van der Waals surface area contributed by atoms with Crippen molar-refractivity contribution in [2.75, 3.05) is 4.72 Å². The average molecular weight is 379 g/mol. The number of nitrogens with one attached hydrogen (secondary N) is 1. The standard InChI is InChI=1S/C21H21N3O2S/c1-3-18-5-4-6-21(23-18)24-27(25,26)19-10-8-17(9-11-19)20-12-7-16(14-22)13-15(20)2/h4-12,15H,3,13H2,1-2H3,(H,23,24). The molecule has 0 spiro atoms. The average Bonchev–Trinajstić information content (AvgIpc) is 2.67. The Bertz CT molecular complexity index is 1050. The summed E-state index contributed by atoms with van der Waals surface area (Å²) in [5.74, 6) is 0.530. The van der Waals surface area contributed by atoms with Crippen molar-refractivity contribution in [1.29, 1.82) is 5.26 Å². The van der Waals surface area contributed by atoms with Gasteiger partial charge >= 0.3 is 0 Å². The van der Waals surface area contributed by atoms with E-state index in [1.54, 1.807) is 36.4 Å². The summed E-state index contributed by atoms with van der Waals surface area (Å²) in [7, 11) is -3.70. The second kappa shape index (κ2) is 7.77. The highest BCUT2D eigenvalue weighted by Crippen LogP contribution is 2.32. The van der Waals surface area contributed by atoms with Crippen molar-refractivity contribution >= 4 is 21.4 Å². The summed E-state index contributed by atoms with van der Waals surface area (Å²) >= 11 is 0. The largest absolute Gasteiger partial charge is 0.263 e. The first-order valence-corrected chi connectivity index (χ1v) is 10.3. The molecule has 2 aromatic rings. The highest BCUT2D eigenvalue weighted by Gasteiger charge is 2.19. The van der Waals surface area contributed by atoms with Gasteiger partial charge in [-0.25, -0.2) is 13.4 Å². The number of benzene rings is 1. The van der Waals surface area contributed by atoms with Crippen LogP contribution in [-0.4, -0.2) is 13.4 Å². The first-order valence-electron chi connectivity index (χ1n) is 8.83. The van der Waals surface area contributed by atoms with Gasteiger partial charge in [-0.1, -0.05) is 38.1 Å². The SMILES string of the molecule is CCc1cccc(NS(=O)(=O)c2ccc(C3=CC=C(C#N)CC3C)cc2)n1. The number of rotatable bonds is 5. The molecule has 1 aromatic carbocycles. The Morgan fingerprint density at radius 2 is 1.93 bits per heavy atom. The first-order chi connectivity index (χ1) is 12.9. The van der Waals surface area contributed by atoms with E-state index in [4.69, 9.17) is 5.26 Å². The molecule has 0 amide bonds. The number of aromatic nitrogens is 1. The minimum absolute atomic E-state index is 0.187. The number of nitriles is 1. The summed E-state index contributed by atoms with van der Waals surface area (Å²) in [6.45, 7) is 4.03. The number of anilines is 1. The van der Waals surface area contributed by atoms with Crippen LogP contribution in [0.25, 0.3) is 5.57 Å². The van der Waals surface area contributed by atoms with Crippen molar-refractivity contribution < 1.29 is 8.42 Å². The molecule has 1 aliphatic rings. The first kappa shape index (κ1) is 18.9. The van der Waals surface area contributed by atoms with E-state index in [9.17, 15) is 8.42 Å². The van der Waals surface area contributed by atoms with E-state index in [1.165, 1.54) is 0 Å². The van der Waals surface area contributed by atoms with Gasteiger partial charge in [-0.3, -0.25) is 4.72 Å². The Hall–Kier alpha value is -2.91. The number of aryl methyl sites for hydroxylation is 1. The third-order valence-electron chi connectivity index (χ3n) is 4.57.